The summed E-state index contributed by atoms with van der Waals surface area (Å²) in [6.07, 6.45) is 0.898. The molecule has 0 saturated carbocycles. The van der Waals surface area contributed by atoms with E-state index in [1.165, 1.54) is 21.1 Å². The number of oxime groups is 1. The second-order valence-electron chi connectivity index (χ2n) is 7.10. The van der Waals surface area contributed by atoms with Crippen molar-refractivity contribution in [3.63, 3.8) is 0 Å². The van der Waals surface area contributed by atoms with Crippen molar-refractivity contribution in [1.82, 2.24) is 10.3 Å². The van der Waals surface area contributed by atoms with E-state index < -0.39 is 18.0 Å². The molecule has 8 nitrogen and oxygen atoms in total. The van der Waals surface area contributed by atoms with Gasteiger partial charge in [-0.1, -0.05) is 71.4 Å². The zero-order valence-electron chi connectivity index (χ0n) is 18.9. The fourth-order valence-corrected chi connectivity index (χ4v) is 3.49. The van der Waals surface area contributed by atoms with Crippen LogP contribution >= 0.6 is 11.6 Å². The first-order valence-electron chi connectivity index (χ1n) is 10.4. The third kappa shape index (κ3) is 6.11. The number of carbonyl (C=O) groups is 2. The number of aromatic nitrogens is 1. The van der Waals surface area contributed by atoms with Crippen LogP contribution < -0.4 is 10.1 Å². The van der Waals surface area contributed by atoms with Gasteiger partial charge in [0, 0.05) is 31.3 Å². The van der Waals surface area contributed by atoms with Crippen LogP contribution in [0.15, 0.2) is 72.0 Å². The van der Waals surface area contributed by atoms with Gasteiger partial charge < -0.3 is 19.6 Å². The molecule has 1 unspecified atom stereocenters. The molecule has 0 aliphatic carbocycles. The number of likely N-dealkylation sites (N-methyl/N-ethyl adjacent to an activating group) is 1. The van der Waals surface area contributed by atoms with Crippen LogP contribution in [0.1, 0.15) is 35.3 Å². The fourth-order valence-electron chi connectivity index (χ4n) is 3.26. The molecule has 0 saturated heterocycles. The zero-order valence-corrected chi connectivity index (χ0v) is 19.7. The smallest absolute Gasteiger partial charge is 0.303 e. The number of carbonyl (C=O) groups excluding carboxylic acids is 2. The van der Waals surface area contributed by atoms with Crippen LogP contribution in [0.2, 0.25) is 5.02 Å². The number of ether oxygens (including phenoxy) is 2. The Hall–Kier alpha value is -3.91. The fraction of sp³-hybridized carbons (Fsp3) is 0.200. The molecule has 176 valence electrons. The number of amides is 1. The van der Waals surface area contributed by atoms with Crippen LogP contribution in [-0.4, -0.2) is 36.7 Å². The summed E-state index contributed by atoms with van der Waals surface area (Å²) in [5.41, 5.74) is 2.75. The van der Waals surface area contributed by atoms with Crippen molar-refractivity contribution in [2.75, 3.05) is 14.2 Å². The van der Waals surface area contributed by atoms with E-state index in [0.717, 1.165) is 5.56 Å². The maximum Gasteiger partial charge on any atom is 0.303 e. The molecule has 3 rings (SSSR count). The Morgan fingerprint density at radius 3 is 2.44 bits per heavy atom. The van der Waals surface area contributed by atoms with Crippen LogP contribution in [0.25, 0.3) is 0 Å². The van der Waals surface area contributed by atoms with Crippen LogP contribution in [0.3, 0.4) is 0 Å². The Balaban J connectivity index is 1.84. The lowest BCUT2D eigenvalue weighted by molar-refractivity contribution is -0.144. The molecular weight excluding hydrogens is 458 g/mol. The van der Waals surface area contributed by atoms with Gasteiger partial charge in [-0.2, -0.15) is 0 Å². The van der Waals surface area contributed by atoms with E-state index in [1.807, 2.05) is 36.4 Å². The van der Waals surface area contributed by atoms with Crippen LogP contribution in [0.5, 0.6) is 5.88 Å². The second kappa shape index (κ2) is 11.8. The summed E-state index contributed by atoms with van der Waals surface area (Å²) in [6, 6.07) is 18.1. The summed E-state index contributed by atoms with van der Waals surface area (Å²) in [6.45, 7) is 1.42. The quantitative estimate of drug-likeness (QED) is 0.281. The molecule has 0 bridgehead atoms. The third-order valence-electron chi connectivity index (χ3n) is 4.78. The van der Waals surface area contributed by atoms with Crippen molar-refractivity contribution >= 4 is 29.2 Å². The number of esters is 1. The number of benzene rings is 2. The van der Waals surface area contributed by atoms with Gasteiger partial charge in [0.1, 0.15) is 18.7 Å². The lowest BCUT2D eigenvalue weighted by Crippen LogP contribution is -2.29. The summed E-state index contributed by atoms with van der Waals surface area (Å²) in [5, 5.41) is 6.64. The number of rotatable bonds is 9. The Labute approximate surface area is 202 Å². The minimum Gasteiger partial charge on any atom is -0.472 e. The van der Waals surface area contributed by atoms with E-state index in [2.05, 4.69) is 15.5 Å². The predicted molar refractivity (Wildman–Crippen MR) is 128 cm³/mol. The lowest BCUT2D eigenvalue weighted by atomic mass is 10.0. The molecule has 0 spiro atoms. The maximum atomic E-state index is 12.2. The number of hydrogen-bond donors (Lipinski definition) is 1. The molecule has 9 heteroatoms. The summed E-state index contributed by atoms with van der Waals surface area (Å²) >= 11 is 6.45. The number of nitrogens with one attached hydrogen (secondary N) is 1. The Morgan fingerprint density at radius 2 is 1.79 bits per heavy atom. The normalized spacial score (nSPS) is 11.9. The Kier molecular flexibility index (Phi) is 8.59. The first-order valence-corrected chi connectivity index (χ1v) is 10.7. The monoisotopic (exact) mass is 481 g/mol. The largest absolute Gasteiger partial charge is 0.472 e. The van der Waals surface area contributed by atoms with Crippen LogP contribution in [-0.2, 0) is 25.8 Å². The SMILES string of the molecule is CNC(=O)C(=NOC)c1ccccc1COc1ncc(C(OC(C)=O)c2ccccc2)cc1Cl. The third-order valence-corrected chi connectivity index (χ3v) is 5.05. The van der Waals surface area contributed by atoms with Gasteiger partial charge in [0.15, 0.2) is 11.8 Å². The van der Waals surface area contributed by atoms with Crippen molar-refractivity contribution in [3.8, 4) is 5.88 Å². The molecule has 0 aliphatic rings. The van der Waals surface area contributed by atoms with Crippen LogP contribution in [0.4, 0.5) is 0 Å². The number of halogens is 1. The maximum absolute atomic E-state index is 12.2. The van der Waals surface area contributed by atoms with Gasteiger partial charge in [0.05, 0.1) is 0 Å². The van der Waals surface area contributed by atoms with E-state index in [0.29, 0.717) is 16.7 Å². The van der Waals surface area contributed by atoms with Crippen molar-refractivity contribution in [3.05, 3.63) is 94.1 Å². The minimum atomic E-state index is -0.654. The summed E-state index contributed by atoms with van der Waals surface area (Å²) in [4.78, 5) is 33.1. The highest BCUT2D eigenvalue weighted by Gasteiger charge is 2.21. The van der Waals surface area contributed by atoms with Gasteiger partial charge in [0.2, 0.25) is 5.88 Å². The zero-order chi connectivity index (χ0) is 24.5. The molecule has 1 heterocycles. The molecule has 0 fully saturated rings. The average Bonchev–Trinajstić information content (AvgIpc) is 2.85. The molecule has 0 aliphatic heterocycles. The van der Waals surface area contributed by atoms with Gasteiger partial charge in [-0.25, -0.2) is 4.98 Å². The van der Waals surface area contributed by atoms with Crippen molar-refractivity contribution < 1.29 is 23.9 Å². The molecule has 3 aromatic rings. The lowest BCUT2D eigenvalue weighted by Gasteiger charge is -2.18. The second-order valence-corrected chi connectivity index (χ2v) is 7.51. The first kappa shape index (κ1) is 24.7. The van der Waals surface area contributed by atoms with Gasteiger partial charge >= 0.3 is 5.97 Å². The number of pyridine rings is 1. The Morgan fingerprint density at radius 1 is 1.09 bits per heavy atom. The van der Waals surface area contributed by atoms with Gasteiger partial charge in [-0.15, -0.1) is 0 Å². The van der Waals surface area contributed by atoms with Gasteiger partial charge in [-0.3, -0.25) is 9.59 Å². The van der Waals surface area contributed by atoms with Gasteiger partial charge in [0.25, 0.3) is 5.91 Å². The van der Waals surface area contributed by atoms with E-state index in [1.54, 1.807) is 30.5 Å². The van der Waals surface area contributed by atoms with E-state index in [4.69, 9.17) is 25.9 Å². The topological polar surface area (TPSA) is 99.1 Å². The average molecular weight is 482 g/mol. The summed E-state index contributed by atoms with van der Waals surface area (Å²) < 4.78 is 11.4. The summed E-state index contributed by atoms with van der Waals surface area (Å²) in [5.74, 6) is -0.626. The predicted octanol–water partition coefficient (Wildman–Crippen LogP) is 4.06. The van der Waals surface area contributed by atoms with E-state index in [-0.39, 0.29) is 23.2 Å². The van der Waals surface area contributed by atoms with Gasteiger partial charge in [-0.05, 0) is 17.2 Å². The minimum absolute atomic E-state index is 0.0774. The molecule has 1 N–H and O–H groups in total. The highest BCUT2D eigenvalue weighted by molar-refractivity contribution is 6.45. The summed E-state index contributed by atoms with van der Waals surface area (Å²) in [7, 11) is 2.88. The van der Waals surface area contributed by atoms with E-state index in [9.17, 15) is 9.59 Å². The first-order chi connectivity index (χ1) is 16.4. The van der Waals surface area contributed by atoms with Crippen molar-refractivity contribution in [2.24, 2.45) is 5.16 Å². The highest BCUT2D eigenvalue weighted by atomic mass is 35.5. The standard InChI is InChI=1S/C25H24ClN3O5/c1-16(30)34-23(17-9-5-4-6-10-17)19-13-21(26)25(28-14-19)33-15-18-11-7-8-12-20(18)22(29-32-3)24(31)27-2/h4-14,23H,15H2,1-3H3,(H,27,31). The highest BCUT2D eigenvalue weighted by Crippen LogP contribution is 2.31. The molecule has 1 amide bonds. The molecule has 2 aromatic carbocycles. The molecule has 1 aromatic heterocycles. The molecule has 0 radical (unpaired) electrons. The Bertz CT molecular complexity index is 1180. The van der Waals surface area contributed by atoms with Crippen molar-refractivity contribution in [2.45, 2.75) is 19.6 Å². The molecule has 34 heavy (non-hydrogen) atoms. The van der Waals surface area contributed by atoms with Crippen molar-refractivity contribution in [1.29, 1.82) is 0 Å². The number of hydrogen-bond acceptors (Lipinski definition) is 7. The molecular formula is C25H24ClN3O5. The number of nitrogens with zero attached hydrogens (tertiary/aromatic N) is 2. The molecule has 1 atom stereocenters. The van der Waals surface area contributed by atoms with Crippen LogP contribution in [0, 0.1) is 0 Å². The van der Waals surface area contributed by atoms with E-state index >= 15 is 0 Å².